The second kappa shape index (κ2) is 5.30. The first kappa shape index (κ1) is 12.8. The first-order valence-corrected chi connectivity index (χ1v) is 5.45. The van der Waals surface area contributed by atoms with Crippen LogP contribution in [0.5, 0.6) is 5.75 Å². The number of rotatable bonds is 3. The third-order valence-electron chi connectivity index (χ3n) is 2.18. The highest BCUT2D eigenvalue weighted by Crippen LogP contribution is 2.30. The molecule has 2 rings (SSSR count). The van der Waals surface area contributed by atoms with E-state index in [0.29, 0.717) is 5.82 Å². The van der Waals surface area contributed by atoms with Crippen molar-refractivity contribution in [1.82, 2.24) is 9.97 Å². The van der Waals surface area contributed by atoms with Crippen LogP contribution in [0, 0.1) is 6.42 Å². The molecule has 18 heavy (non-hydrogen) atoms. The van der Waals surface area contributed by atoms with Crippen molar-refractivity contribution in [2.45, 2.75) is 6.42 Å². The summed E-state index contributed by atoms with van der Waals surface area (Å²) in [6, 6.07) is 0. The average Bonchev–Trinajstić information content (AvgIpc) is 2.34. The van der Waals surface area contributed by atoms with Crippen molar-refractivity contribution in [2.75, 3.05) is 12.4 Å². The van der Waals surface area contributed by atoms with Crippen LogP contribution in [0.1, 0.15) is 6.42 Å². The van der Waals surface area contributed by atoms with Gasteiger partial charge in [0.2, 0.25) is 5.28 Å². The number of ether oxygens (including phenoxy) is 1. The minimum absolute atomic E-state index is 0.00785. The number of hydrogen-bond acceptors (Lipinski definition) is 4. The standard InChI is InChI=1S/C11H9ClF2N3O/c1-15-10-9(5-16-11(12)17-10)18-8-3-2-6(13)4-7(8)14/h3-5H,2H2,1H3,(H,15,16,17). The van der Waals surface area contributed by atoms with Crippen molar-refractivity contribution in [2.24, 2.45) is 0 Å². The summed E-state index contributed by atoms with van der Waals surface area (Å²) in [6.45, 7) is 0. The molecule has 1 aromatic rings. The van der Waals surface area contributed by atoms with Crippen LogP contribution in [0.2, 0.25) is 5.28 Å². The van der Waals surface area contributed by atoms with Crippen molar-refractivity contribution in [3.63, 3.8) is 0 Å². The lowest BCUT2D eigenvalue weighted by atomic mass is 10.1. The molecule has 0 spiro atoms. The molecule has 1 heterocycles. The Morgan fingerprint density at radius 3 is 2.89 bits per heavy atom. The van der Waals surface area contributed by atoms with Gasteiger partial charge in [0.15, 0.2) is 17.4 Å². The number of nitrogens with one attached hydrogen (secondary N) is 1. The van der Waals surface area contributed by atoms with Gasteiger partial charge in [-0.3, -0.25) is 0 Å². The molecule has 0 aromatic carbocycles. The molecule has 0 amide bonds. The van der Waals surface area contributed by atoms with E-state index >= 15 is 0 Å². The molecule has 1 radical (unpaired) electrons. The van der Waals surface area contributed by atoms with Gasteiger partial charge in [0.05, 0.1) is 6.20 Å². The van der Waals surface area contributed by atoms with E-state index in [4.69, 9.17) is 16.3 Å². The Labute approximate surface area is 107 Å². The molecule has 0 aliphatic heterocycles. The van der Waals surface area contributed by atoms with Gasteiger partial charge in [-0.15, -0.1) is 0 Å². The summed E-state index contributed by atoms with van der Waals surface area (Å²) in [6.07, 6.45) is 3.39. The molecule has 0 unspecified atom stereocenters. The molecule has 0 saturated carbocycles. The van der Waals surface area contributed by atoms with Crippen LogP contribution in [0.3, 0.4) is 0 Å². The first-order chi connectivity index (χ1) is 8.60. The highest BCUT2D eigenvalue weighted by atomic mass is 35.5. The van der Waals surface area contributed by atoms with Crippen LogP contribution < -0.4 is 10.1 Å². The second-order valence-corrected chi connectivity index (χ2v) is 3.75. The summed E-state index contributed by atoms with van der Waals surface area (Å²) in [4.78, 5) is 7.60. The lowest BCUT2D eigenvalue weighted by Gasteiger charge is -2.14. The van der Waals surface area contributed by atoms with Gasteiger partial charge in [0, 0.05) is 26.0 Å². The molecule has 7 heteroatoms. The Morgan fingerprint density at radius 1 is 1.44 bits per heavy atom. The Morgan fingerprint density at radius 2 is 2.22 bits per heavy atom. The molecule has 0 fully saturated rings. The van der Waals surface area contributed by atoms with Crippen molar-refractivity contribution in [3.8, 4) is 5.75 Å². The third-order valence-corrected chi connectivity index (χ3v) is 2.37. The quantitative estimate of drug-likeness (QED) is 0.859. The van der Waals surface area contributed by atoms with Crippen LogP contribution in [-0.4, -0.2) is 17.0 Å². The highest BCUT2D eigenvalue weighted by molar-refractivity contribution is 6.28. The molecule has 0 atom stereocenters. The van der Waals surface area contributed by atoms with E-state index in [1.807, 2.05) is 0 Å². The average molecular weight is 273 g/mol. The Bertz CT molecular complexity index is 531. The van der Waals surface area contributed by atoms with E-state index in [0.717, 1.165) is 6.08 Å². The molecular formula is C11H9ClF2N3O. The van der Waals surface area contributed by atoms with E-state index in [9.17, 15) is 8.78 Å². The van der Waals surface area contributed by atoms with Gasteiger partial charge < -0.3 is 10.1 Å². The Balaban J connectivity index is 2.27. The van der Waals surface area contributed by atoms with Crippen LogP contribution in [0.4, 0.5) is 14.6 Å². The minimum Gasteiger partial charge on any atom is -0.453 e. The van der Waals surface area contributed by atoms with E-state index < -0.39 is 11.7 Å². The summed E-state index contributed by atoms with van der Waals surface area (Å²) >= 11 is 5.62. The molecule has 1 aromatic heterocycles. The number of aromatic nitrogens is 2. The number of halogens is 3. The SMILES string of the molecule is CNc1nc(Cl)ncc1OC1=C(F)C=C(F)C[CH]1. The summed E-state index contributed by atoms with van der Waals surface area (Å²) in [5, 5.41) is 2.78. The molecule has 4 nitrogen and oxygen atoms in total. The zero-order chi connectivity index (χ0) is 13.1. The van der Waals surface area contributed by atoms with Crippen LogP contribution >= 0.6 is 11.6 Å². The van der Waals surface area contributed by atoms with Gasteiger partial charge in [-0.05, 0) is 11.6 Å². The Hall–Kier alpha value is -1.69. The monoisotopic (exact) mass is 272 g/mol. The molecular weight excluding hydrogens is 264 g/mol. The highest BCUT2D eigenvalue weighted by Gasteiger charge is 2.18. The Kier molecular flexibility index (Phi) is 3.76. The van der Waals surface area contributed by atoms with Crippen molar-refractivity contribution in [1.29, 1.82) is 0 Å². The van der Waals surface area contributed by atoms with Crippen LogP contribution in [0.15, 0.2) is 29.7 Å². The zero-order valence-electron chi connectivity index (χ0n) is 9.38. The fourth-order valence-corrected chi connectivity index (χ4v) is 1.50. The summed E-state index contributed by atoms with van der Waals surface area (Å²) in [7, 11) is 1.61. The lowest BCUT2D eigenvalue weighted by Crippen LogP contribution is -2.06. The topological polar surface area (TPSA) is 47.0 Å². The fraction of sp³-hybridized carbons (Fsp3) is 0.182. The maximum absolute atomic E-state index is 13.4. The zero-order valence-corrected chi connectivity index (χ0v) is 10.1. The van der Waals surface area contributed by atoms with Gasteiger partial charge in [0.1, 0.15) is 11.6 Å². The van der Waals surface area contributed by atoms with Gasteiger partial charge in [-0.25, -0.2) is 13.8 Å². The minimum atomic E-state index is -0.782. The van der Waals surface area contributed by atoms with Crippen molar-refractivity contribution >= 4 is 17.4 Å². The molecule has 0 bridgehead atoms. The third kappa shape index (κ3) is 2.76. The predicted molar refractivity (Wildman–Crippen MR) is 63.5 cm³/mol. The summed E-state index contributed by atoms with van der Waals surface area (Å²) in [5.41, 5.74) is 0. The van der Waals surface area contributed by atoms with Gasteiger partial charge in [-0.2, -0.15) is 4.98 Å². The normalized spacial score (nSPS) is 15.4. The van der Waals surface area contributed by atoms with E-state index in [1.165, 1.54) is 12.6 Å². The maximum Gasteiger partial charge on any atom is 0.224 e. The number of nitrogens with zero attached hydrogens (tertiary/aromatic N) is 2. The van der Waals surface area contributed by atoms with E-state index in [1.54, 1.807) is 7.05 Å². The van der Waals surface area contributed by atoms with E-state index in [2.05, 4.69) is 15.3 Å². The lowest BCUT2D eigenvalue weighted by molar-refractivity contribution is 0.395. The first-order valence-electron chi connectivity index (χ1n) is 5.07. The van der Waals surface area contributed by atoms with Crippen molar-refractivity contribution in [3.05, 3.63) is 41.4 Å². The molecule has 95 valence electrons. The fourth-order valence-electron chi connectivity index (χ4n) is 1.37. The maximum atomic E-state index is 13.4. The van der Waals surface area contributed by atoms with Crippen molar-refractivity contribution < 1.29 is 13.5 Å². The smallest absolute Gasteiger partial charge is 0.224 e. The van der Waals surface area contributed by atoms with Gasteiger partial charge >= 0.3 is 0 Å². The predicted octanol–water partition coefficient (Wildman–Crippen LogP) is 3.19. The van der Waals surface area contributed by atoms with Crippen LogP contribution in [0.25, 0.3) is 0 Å². The second-order valence-electron chi connectivity index (χ2n) is 3.42. The van der Waals surface area contributed by atoms with Gasteiger partial charge in [-0.1, -0.05) is 0 Å². The number of anilines is 1. The summed E-state index contributed by atoms with van der Waals surface area (Å²) in [5.74, 6) is -0.881. The number of allylic oxidation sites excluding steroid dienone is 4. The molecule has 0 saturated heterocycles. The van der Waals surface area contributed by atoms with Crippen LogP contribution in [-0.2, 0) is 0 Å². The summed E-state index contributed by atoms with van der Waals surface area (Å²) < 4.78 is 31.5. The van der Waals surface area contributed by atoms with Gasteiger partial charge in [0.25, 0.3) is 0 Å². The molecule has 1 N–H and O–H groups in total. The van der Waals surface area contributed by atoms with E-state index in [-0.39, 0.29) is 23.2 Å². The molecule has 1 aliphatic carbocycles. The largest absolute Gasteiger partial charge is 0.453 e. The number of hydrogen-bond donors (Lipinski definition) is 1. The molecule has 1 aliphatic rings.